The normalized spacial score (nSPS) is 18.2. The summed E-state index contributed by atoms with van der Waals surface area (Å²) in [6, 6.07) is 52.2. The van der Waals surface area contributed by atoms with Gasteiger partial charge in [0.2, 0.25) is 0 Å². The predicted molar refractivity (Wildman–Crippen MR) is 223 cm³/mol. The molecule has 6 aromatic carbocycles. The van der Waals surface area contributed by atoms with Crippen molar-refractivity contribution in [2.24, 2.45) is 4.52 Å². The van der Waals surface area contributed by atoms with Crippen LogP contribution in [0.2, 0.25) is 0 Å². The molecule has 2 N–H and O–H groups in total. The van der Waals surface area contributed by atoms with Crippen LogP contribution in [0.25, 0.3) is 0 Å². The van der Waals surface area contributed by atoms with E-state index in [0.29, 0.717) is 34.5 Å². The first-order valence-corrected chi connectivity index (χ1v) is 23.3. The molecule has 9 nitrogen and oxygen atoms in total. The van der Waals surface area contributed by atoms with Gasteiger partial charge in [-0.25, -0.2) is 0 Å². The molecule has 0 radical (unpaired) electrons. The van der Waals surface area contributed by atoms with Crippen LogP contribution >= 0.6 is 23.7 Å². The first-order valence-electron chi connectivity index (χ1n) is 18.2. The van der Waals surface area contributed by atoms with Gasteiger partial charge >= 0.3 is 320 Å². The van der Waals surface area contributed by atoms with Gasteiger partial charge in [0.1, 0.15) is 0 Å². The molecule has 0 saturated heterocycles. The van der Waals surface area contributed by atoms with Crippen molar-refractivity contribution in [3.63, 3.8) is 0 Å². The number of benzene rings is 6. The molecule has 1 unspecified atom stereocenters. The van der Waals surface area contributed by atoms with E-state index in [-0.39, 0.29) is 0 Å². The number of nitrogens with one attached hydrogen (secondary N) is 2. The zero-order chi connectivity index (χ0) is 37.3. The van der Waals surface area contributed by atoms with E-state index in [9.17, 15) is 0 Å². The molecule has 7 rings (SSSR count). The second kappa shape index (κ2) is 17.1. The molecule has 0 spiro atoms. The summed E-state index contributed by atoms with van der Waals surface area (Å²) >= 11 is 0. The Labute approximate surface area is 319 Å². The summed E-state index contributed by atoms with van der Waals surface area (Å²) in [6.45, 7) is 6.35. The van der Waals surface area contributed by atoms with Crippen molar-refractivity contribution in [3.8, 4) is 34.5 Å². The summed E-state index contributed by atoms with van der Waals surface area (Å²) in [5.74, 6) is 3.27. The molecule has 1 heterocycles. The van der Waals surface area contributed by atoms with E-state index in [2.05, 4.69) is 30.5 Å². The Kier molecular flexibility index (Phi) is 11.8. The molecular weight excluding hydrogens is 735 g/mol. The monoisotopic (exact) mass is 781 g/mol. The van der Waals surface area contributed by atoms with Crippen LogP contribution in [-0.2, 0) is 19.3 Å². The summed E-state index contributed by atoms with van der Waals surface area (Å²) in [6.07, 6.45) is 2.64. The van der Waals surface area contributed by atoms with Gasteiger partial charge in [-0.2, -0.15) is 0 Å². The molecule has 0 aliphatic carbocycles. The maximum absolute atomic E-state index is 7.06. The first-order chi connectivity index (χ1) is 26.4. The molecule has 0 saturated carbocycles. The van der Waals surface area contributed by atoms with E-state index in [1.54, 1.807) is 0 Å². The zero-order valence-electron chi connectivity index (χ0n) is 30.6. The molecule has 1 aliphatic heterocycles. The van der Waals surface area contributed by atoms with Crippen LogP contribution in [0.15, 0.2) is 168 Å². The SMILES string of the molecule is CCc1ccc(OP2(Oc3ccccc3)=N[PH](Oc3ccccc3)(Oc3ccc(CC)cc3)N[PH](Oc3ccccc3)(Oc3ccc(CC)cc3)N2)cc1. The molecule has 6 aromatic rings. The van der Waals surface area contributed by atoms with Gasteiger partial charge in [0, 0.05) is 0 Å². The second-order valence-electron chi connectivity index (χ2n) is 12.6. The van der Waals surface area contributed by atoms with Gasteiger partial charge in [-0.3, -0.25) is 0 Å². The van der Waals surface area contributed by atoms with Crippen LogP contribution in [0.1, 0.15) is 37.5 Å². The van der Waals surface area contributed by atoms with Crippen molar-refractivity contribution >= 4 is 23.7 Å². The van der Waals surface area contributed by atoms with Gasteiger partial charge in [-0.05, 0) is 0 Å². The average molecular weight is 782 g/mol. The fourth-order valence-electron chi connectivity index (χ4n) is 5.75. The van der Waals surface area contributed by atoms with Crippen LogP contribution in [0.4, 0.5) is 0 Å². The summed E-state index contributed by atoms with van der Waals surface area (Å²) in [5, 5.41) is 0. The van der Waals surface area contributed by atoms with Crippen LogP contribution in [-0.4, -0.2) is 0 Å². The summed E-state index contributed by atoms with van der Waals surface area (Å²) < 4.78 is 47.5. The number of nitrogens with zero attached hydrogens (tertiary/aromatic N) is 1. The molecule has 12 heteroatoms. The van der Waals surface area contributed by atoms with Crippen LogP contribution in [0.5, 0.6) is 34.5 Å². The van der Waals surface area contributed by atoms with Gasteiger partial charge < -0.3 is 0 Å². The topological polar surface area (TPSA) is 91.8 Å². The standard InChI is InChI=1S/C42H46N3O6P3/c1-4-34-22-28-40(29-23-34)49-52(46-37-16-10-7-11-17-37)43-53(47-38-18-12-8-13-19-38,50-41-30-24-35(5-2)25-31-41)45-54(44-52,48-39-20-14-9-15-21-39)51-42-32-26-36(6-3)27-33-42/h7-33,43-44,52-53H,4-6H2,1-3H3. The van der Waals surface area contributed by atoms with Crippen LogP contribution in [0.3, 0.4) is 0 Å². The molecule has 280 valence electrons. The number of rotatable bonds is 15. The summed E-state index contributed by atoms with van der Waals surface area (Å²) in [4.78, 5) is 7.29. The molecule has 0 bridgehead atoms. The third-order valence-electron chi connectivity index (χ3n) is 8.59. The van der Waals surface area contributed by atoms with E-state index in [4.69, 9.17) is 31.7 Å². The molecule has 54 heavy (non-hydrogen) atoms. The molecule has 0 fully saturated rings. The predicted octanol–water partition coefficient (Wildman–Crippen LogP) is 12.1. The van der Waals surface area contributed by atoms with Crippen molar-refractivity contribution in [1.29, 1.82) is 0 Å². The molecular formula is C42H46N3O6P3. The molecule has 0 amide bonds. The molecule has 1 aliphatic rings. The van der Waals surface area contributed by atoms with Crippen molar-refractivity contribution in [1.82, 2.24) is 9.72 Å². The van der Waals surface area contributed by atoms with Crippen molar-refractivity contribution in [2.45, 2.75) is 40.0 Å². The third-order valence-corrected chi connectivity index (χ3v) is 18.6. The van der Waals surface area contributed by atoms with Crippen LogP contribution in [0, 0.1) is 0 Å². The number of hydrogen-bond donors (Lipinski definition) is 2. The number of aryl methyl sites for hydroxylation is 3. The zero-order valence-corrected chi connectivity index (χ0v) is 33.4. The maximum atomic E-state index is 7.06. The average Bonchev–Trinajstić information content (AvgIpc) is 3.19. The Morgan fingerprint density at radius 2 is 0.759 bits per heavy atom. The van der Waals surface area contributed by atoms with Gasteiger partial charge in [0.15, 0.2) is 0 Å². The molecule has 0 aromatic heterocycles. The van der Waals surface area contributed by atoms with E-state index >= 15 is 0 Å². The van der Waals surface area contributed by atoms with Crippen molar-refractivity contribution in [3.05, 3.63) is 180 Å². The summed E-state index contributed by atoms with van der Waals surface area (Å²) in [7, 11) is -12.0. The molecule has 1 atom stereocenters. The van der Waals surface area contributed by atoms with Gasteiger partial charge in [0.25, 0.3) is 0 Å². The Hall–Kier alpha value is -4.87. The van der Waals surface area contributed by atoms with Gasteiger partial charge in [-0.1, -0.05) is 0 Å². The fraction of sp³-hybridized carbons (Fsp3) is 0.143. The van der Waals surface area contributed by atoms with E-state index < -0.39 is 23.7 Å². The minimum atomic E-state index is -4.19. The Morgan fingerprint density at radius 3 is 1.19 bits per heavy atom. The fourth-order valence-corrected chi connectivity index (χ4v) is 17.3. The number of hydrogen-bond acceptors (Lipinski definition) is 9. The van der Waals surface area contributed by atoms with E-state index in [1.165, 1.54) is 16.7 Å². The third kappa shape index (κ3) is 9.43. The second-order valence-corrected chi connectivity index (χ2v) is 19.9. The van der Waals surface area contributed by atoms with E-state index in [1.807, 2.05) is 164 Å². The Morgan fingerprint density at radius 1 is 0.426 bits per heavy atom. The Balaban J connectivity index is 1.48. The van der Waals surface area contributed by atoms with Gasteiger partial charge in [-0.15, -0.1) is 0 Å². The van der Waals surface area contributed by atoms with Crippen molar-refractivity contribution < 1.29 is 27.1 Å². The number of para-hydroxylation sites is 3. The minimum absolute atomic E-state index is 0.527. The summed E-state index contributed by atoms with van der Waals surface area (Å²) in [5.41, 5.74) is 3.50. The quantitative estimate of drug-likeness (QED) is 0.0995. The van der Waals surface area contributed by atoms with Gasteiger partial charge in [0.05, 0.1) is 0 Å². The van der Waals surface area contributed by atoms with E-state index in [0.717, 1.165) is 19.3 Å². The Bertz CT molecular complexity index is 2150. The first kappa shape index (κ1) is 37.4. The van der Waals surface area contributed by atoms with Crippen molar-refractivity contribution in [2.75, 3.05) is 0 Å². The van der Waals surface area contributed by atoms with Crippen LogP contribution < -0.4 is 36.9 Å².